The van der Waals surface area contributed by atoms with E-state index in [2.05, 4.69) is 15.5 Å². The number of benzene rings is 2. The number of thioether (sulfide) groups is 1. The number of hydrogen-bond donors (Lipinski definition) is 1. The van der Waals surface area contributed by atoms with Crippen LogP contribution in [-0.2, 0) is 11.4 Å². The van der Waals surface area contributed by atoms with Gasteiger partial charge in [-0.25, -0.2) is 0 Å². The Morgan fingerprint density at radius 2 is 1.90 bits per heavy atom. The molecule has 1 aliphatic rings. The molecule has 1 saturated carbocycles. The molecule has 1 aromatic heterocycles. The Kier molecular flexibility index (Phi) is 5.85. The van der Waals surface area contributed by atoms with Gasteiger partial charge in [0.25, 0.3) is 0 Å². The average Bonchev–Trinajstić information content (AvgIpc) is 3.46. The van der Waals surface area contributed by atoms with E-state index in [0.717, 1.165) is 29.8 Å². The maximum atomic E-state index is 12.4. The molecule has 4 rings (SSSR count). The van der Waals surface area contributed by atoms with Gasteiger partial charge >= 0.3 is 0 Å². The number of rotatable bonds is 8. The van der Waals surface area contributed by atoms with Crippen LogP contribution in [0.2, 0.25) is 0 Å². The van der Waals surface area contributed by atoms with Crippen molar-refractivity contribution in [2.24, 2.45) is 0 Å². The molecule has 150 valence electrons. The highest BCUT2D eigenvalue weighted by atomic mass is 32.2. The number of para-hydroxylation sites is 2. The summed E-state index contributed by atoms with van der Waals surface area (Å²) in [7, 11) is 0. The number of carbonyl (C=O) groups excluding carboxylic acids is 1. The molecule has 0 aliphatic heterocycles. The van der Waals surface area contributed by atoms with Crippen LogP contribution in [0.25, 0.3) is 5.69 Å². The zero-order valence-electron chi connectivity index (χ0n) is 16.5. The van der Waals surface area contributed by atoms with E-state index in [4.69, 9.17) is 4.74 Å². The van der Waals surface area contributed by atoms with Crippen LogP contribution in [0.3, 0.4) is 0 Å². The van der Waals surface area contributed by atoms with Gasteiger partial charge < -0.3 is 10.1 Å². The second-order valence-corrected chi connectivity index (χ2v) is 8.47. The molecule has 1 aliphatic carbocycles. The molecule has 29 heavy (non-hydrogen) atoms. The lowest BCUT2D eigenvalue weighted by Crippen LogP contribution is -2.32. The average molecular weight is 409 g/mol. The Morgan fingerprint density at radius 3 is 2.62 bits per heavy atom. The van der Waals surface area contributed by atoms with Crippen LogP contribution in [-0.4, -0.2) is 32.0 Å². The zero-order chi connectivity index (χ0) is 20.2. The number of amides is 1. The van der Waals surface area contributed by atoms with E-state index in [1.807, 2.05) is 73.0 Å². The third kappa shape index (κ3) is 4.79. The lowest BCUT2D eigenvalue weighted by atomic mass is 10.2. The molecule has 7 heteroatoms. The summed E-state index contributed by atoms with van der Waals surface area (Å²) in [5.41, 5.74) is 2.01. The fourth-order valence-electron chi connectivity index (χ4n) is 2.93. The first kappa shape index (κ1) is 19.5. The quantitative estimate of drug-likeness (QED) is 0.572. The van der Waals surface area contributed by atoms with E-state index in [1.54, 1.807) is 0 Å². The van der Waals surface area contributed by atoms with Gasteiger partial charge in [0, 0.05) is 11.7 Å². The van der Waals surface area contributed by atoms with Crippen molar-refractivity contribution in [1.29, 1.82) is 0 Å². The predicted molar refractivity (Wildman–Crippen MR) is 113 cm³/mol. The predicted octanol–water partition coefficient (Wildman–Crippen LogP) is 3.91. The normalized spacial score (nSPS) is 14.4. The maximum Gasteiger partial charge on any atom is 0.233 e. The van der Waals surface area contributed by atoms with Gasteiger partial charge in [-0.05, 0) is 50.5 Å². The van der Waals surface area contributed by atoms with Crippen molar-refractivity contribution in [3.05, 3.63) is 66.0 Å². The van der Waals surface area contributed by atoms with Crippen LogP contribution in [0, 0.1) is 6.92 Å². The summed E-state index contributed by atoms with van der Waals surface area (Å²) in [4.78, 5) is 12.4. The lowest BCUT2D eigenvalue weighted by molar-refractivity contribution is -0.120. The molecule has 1 amide bonds. The number of carbonyl (C=O) groups is 1. The Labute approximate surface area is 174 Å². The van der Waals surface area contributed by atoms with Gasteiger partial charge in [0.15, 0.2) is 11.0 Å². The molecule has 0 radical (unpaired) electrons. The van der Waals surface area contributed by atoms with E-state index in [-0.39, 0.29) is 17.8 Å². The van der Waals surface area contributed by atoms with E-state index >= 15 is 0 Å². The molecule has 1 N–H and O–H groups in total. The van der Waals surface area contributed by atoms with Gasteiger partial charge in [-0.2, -0.15) is 0 Å². The highest BCUT2D eigenvalue weighted by molar-refractivity contribution is 8.00. The third-order valence-electron chi connectivity index (χ3n) is 4.74. The minimum atomic E-state index is -0.257. The van der Waals surface area contributed by atoms with Gasteiger partial charge in [-0.15, -0.1) is 10.2 Å². The summed E-state index contributed by atoms with van der Waals surface area (Å²) in [5.74, 6) is 1.55. The van der Waals surface area contributed by atoms with E-state index in [0.29, 0.717) is 17.0 Å². The summed E-state index contributed by atoms with van der Waals surface area (Å²) in [6.07, 6.45) is 2.15. The maximum absolute atomic E-state index is 12.4. The molecule has 0 bridgehead atoms. The highest BCUT2D eigenvalue weighted by Crippen LogP contribution is 2.28. The molecule has 6 nitrogen and oxygen atoms in total. The van der Waals surface area contributed by atoms with Gasteiger partial charge in [-0.3, -0.25) is 9.36 Å². The highest BCUT2D eigenvalue weighted by Gasteiger charge is 2.27. The first-order valence-electron chi connectivity index (χ1n) is 9.77. The second kappa shape index (κ2) is 8.69. The van der Waals surface area contributed by atoms with Crippen molar-refractivity contribution < 1.29 is 9.53 Å². The van der Waals surface area contributed by atoms with Crippen LogP contribution >= 0.6 is 11.8 Å². The molecule has 1 atom stereocenters. The molecule has 1 fully saturated rings. The van der Waals surface area contributed by atoms with E-state index in [1.165, 1.54) is 11.8 Å². The van der Waals surface area contributed by atoms with Gasteiger partial charge in [-0.1, -0.05) is 48.2 Å². The van der Waals surface area contributed by atoms with Crippen molar-refractivity contribution in [1.82, 2.24) is 20.1 Å². The molecular formula is C22H24N4O2S. The number of hydrogen-bond acceptors (Lipinski definition) is 5. The van der Waals surface area contributed by atoms with Crippen molar-refractivity contribution >= 4 is 17.7 Å². The van der Waals surface area contributed by atoms with Crippen LogP contribution in [0.1, 0.15) is 31.2 Å². The number of nitrogens with one attached hydrogen (secondary N) is 1. The fraction of sp³-hybridized carbons (Fsp3) is 0.318. The summed E-state index contributed by atoms with van der Waals surface area (Å²) in [5, 5.41) is 12.2. The number of nitrogens with zero attached hydrogens (tertiary/aromatic N) is 3. The molecular weight excluding hydrogens is 384 g/mol. The van der Waals surface area contributed by atoms with Crippen LogP contribution < -0.4 is 10.1 Å². The Hall–Kier alpha value is -2.80. The molecule has 2 aromatic carbocycles. The zero-order valence-corrected chi connectivity index (χ0v) is 17.4. The molecule has 3 aromatic rings. The van der Waals surface area contributed by atoms with Gasteiger partial charge in [0.2, 0.25) is 5.91 Å². The fourth-order valence-corrected chi connectivity index (χ4v) is 3.82. The molecule has 0 spiro atoms. The van der Waals surface area contributed by atoms with Crippen LogP contribution in [0.15, 0.2) is 59.8 Å². The minimum absolute atomic E-state index is 0.0397. The standard InChI is InChI=1S/C22H24N4O2S/c1-15-8-6-7-11-19(15)28-14-20-24-25-22(26(20)18-9-4-3-5-10-18)29-16(2)21(27)23-17-12-13-17/h3-11,16-17H,12-14H2,1-2H3,(H,23,27). The second-order valence-electron chi connectivity index (χ2n) is 7.17. The number of aromatic nitrogens is 3. The smallest absolute Gasteiger partial charge is 0.233 e. The van der Waals surface area contributed by atoms with Crippen molar-refractivity contribution in [2.45, 2.75) is 49.7 Å². The van der Waals surface area contributed by atoms with Crippen LogP contribution in [0.5, 0.6) is 5.75 Å². The Morgan fingerprint density at radius 1 is 1.17 bits per heavy atom. The van der Waals surface area contributed by atoms with Crippen molar-refractivity contribution in [2.75, 3.05) is 0 Å². The topological polar surface area (TPSA) is 69.0 Å². The monoisotopic (exact) mass is 408 g/mol. The summed E-state index contributed by atoms with van der Waals surface area (Å²) >= 11 is 1.41. The van der Waals surface area contributed by atoms with Gasteiger partial charge in [0.1, 0.15) is 12.4 Å². The first-order chi connectivity index (χ1) is 14.1. The summed E-state index contributed by atoms with van der Waals surface area (Å²) < 4.78 is 7.96. The Bertz CT molecular complexity index is 985. The Balaban J connectivity index is 1.56. The van der Waals surface area contributed by atoms with E-state index in [9.17, 15) is 4.79 Å². The van der Waals surface area contributed by atoms with Crippen molar-refractivity contribution in [3.63, 3.8) is 0 Å². The third-order valence-corrected chi connectivity index (χ3v) is 5.78. The van der Waals surface area contributed by atoms with Crippen molar-refractivity contribution in [3.8, 4) is 11.4 Å². The first-order valence-corrected chi connectivity index (χ1v) is 10.6. The molecule has 1 unspecified atom stereocenters. The number of ether oxygens (including phenoxy) is 1. The molecule has 0 saturated heterocycles. The van der Waals surface area contributed by atoms with E-state index < -0.39 is 0 Å². The number of aryl methyl sites for hydroxylation is 1. The SMILES string of the molecule is Cc1ccccc1OCc1nnc(SC(C)C(=O)NC2CC2)n1-c1ccccc1. The summed E-state index contributed by atoms with van der Waals surface area (Å²) in [6, 6.07) is 18.1. The molecule has 1 heterocycles. The minimum Gasteiger partial charge on any atom is -0.485 e. The summed E-state index contributed by atoms with van der Waals surface area (Å²) in [6.45, 7) is 4.20. The largest absolute Gasteiger partial charge is 0.485 e. The van der Waals surface area contributed by atoms with Crippen LogP contribution in [0.4, 0.5) is 0 Å². The van der Waals surface area contributed by atoms with Gasteiger partial charge in [0.05, 0.1) is 5.25 Å². The lowest BCUT2D eigenvalue weighted by Gasteiger charge is -2.14.